The van der Waals surface area contributed by atoms with Gasteiger partial charge in [-0.25, -0.2) is 4.79 Å². The largest absolute Gasteiger partial charge is 0.444 e. The van der Waals surface area contributed by atoms with Crippen molar-refractivity contribution in [3.05, 3.63) is 35.9 Å². The number of likely N-dealkylation sites (tertiary alicyclic amines) is 1. The molecule has 1 unspecified atom stereocenters. The summed E-state index contributed by atoms with van der Waals surface area (Å²) in [6.45, 7) is 1.63. The molecule has 192 valence electrons. The number of unbranched alkanes of at least 4 members (excludes halogenated alkanes) is 1. The second kappa shape index (κ2) is 13.7. The Hall–Kier alpha value is -3.14. The lowest BCUT2D eigenvalue weighted by atomic mass is 9.83. The maximum atomic E-state index is 12.8. The minimum atomic E-state index is -0.662. The number of nitrogens with one attached hydrogen (secondary N) is 2. The molecule has 2 atom stereocenters. The van der Waals surface area contributed by atoms with E-state index in [1.807, 2.05) is 30.3 Å². The van der Waals surface area contributed by atoms with Crippen LogP contribution in [0.5, 0.6) is 0 Å². The molecule has 0 bridgehead atoms. The van der Waals surface area contributed by atoms with Gasteiger partial charge in [-0.15, -0.1) is 0 Å². The highest BCUT2D eigenvalue weighted by molar-refractivity contribution is 5.93. The molecule has 1 aromatic carbocycles. The number of guanidine groups is 1. The number of hydrogen-bond acceptors (Lipinski definition) is 6. The van der Waals surface area contributed by atoms with Gasteiger partial charge in [0.1, 0.15) is 12.6 Å². The van der Waals surface area contributed by atoms with Crippen LogP contribution in [-0.4, -0.2) is 60.5 Å². The van der Waals surface area contributed by atoms with Gasteiger partial charge in [-0.2, -0.15) is 0 Å². The molecular formula is C25H38N6O4. The Morgan fingerprint density at radius 3 is 2.51 bits per heavy atom. The van der Waals surface area contributed by atoms with Gasteiger partial charge in [-0.1, -0.05) is 49.6 Å². The van der Waals surface area contributed by atoms with Crippen molar-refractivity contribution in [2.24, 2.45) is 22.4 Å². The van der Waals surface area contributed by atoms with E-state index in [2.05, 4.69) is 15.6 Å². The van der Waals surface area contributed by atoms with Crippen LogP contribution < -0.4 is 22.1 Å². The van der Waals surface area contributed by atoms with Crippen molar-refractivity contribution < 1.29 is 19.1 Å². The second-order valence-electron chi connectivity index (χ2n) is 9.21. The summed E-state index contributed by atoms with van der Waals surface area (Å²) >= 11 is 0. The number of nitrogens with two attached hydrogens (primary N) is 2. The van der Waals surface area contributed by atoms with Crippen molar-refractivity contribution in [3.8, 4) is 0 Å². The Labute approximate surface area is 206 Å². The lowest BCUT2D eigenvalue weighted by Gasteiger charge is -2.42. The summed E-state index contributed by atoms with van der Waals surface area (Å²) in [6.07, 6.45) is 6.84. The maximum Gasteiger partial charge on any atom is 0.414 e. The van der Waals surface area contributed by atoms with Gasteiger partial charge in [0.2, 0.25) is 11.8 Å². The molecule has 1 aliphatic carbocycles. The molecule has 2 aliphatic rings. The first-order chi connectivity index (χ1) is 17.0. The topological polar surface area (TPSA) is 152 Å². The molecule has 3 rings (SSSR count). The molecule has 10 nitrogen and oxygen atoms in total. The molecular weight excluding hydrogens is 448 g/mol. The van der Waals surface area contributed by atoms with E-state index in [-0.39, 0.29) is 30.3 Å². The lowest BCUT2D eigenvalue weighted by Crippen LogP contribution is -2.62. The van der Waals surface area contributed by atoms with E-state index in [1.54, 1.807) is 4.90 Å². The molecule has 2 fully saturated rings. The molecule has 6 N–H and O–H groups in total. The number of alkyl carbamates (subject to hydrolysis) is 1. The maximum absolute atomic E-state index is 12.8. The molecule has 0 radical (unpaired) electrons. The fourth-order valence-corrected chi connectivity index (χ4v) is 4.48. The number of rotatable bonds is 10. The van der Waals surface area contributed by atoms with Crippen molar-refractivity contribution in [3.63, 3.8) is 0 Å². The third-order valence-corrected chi connectivity index (χ3v) is 6.66. The van der Waals surface area contributed by atoms with Gasteiger partial charge in [-0.05, 0) is 43.6 Å². The fourth-order valence-electron chi connectivity index (χ4n) is 4.48. The van der Waals surface area contributed by atoms with Crippen LogP contribution in [-0.2, 0) is 20.9 Å². The van der Waals surface area contributed by atoms with Gasteiger partial charge in [0, 0.05) is 19.6 Å². The van der Waals surface area contributed by atoms with Crippen LogP contribution in [0.15, 0.2) is 35.3 Å². The van der Waals surface area contributed by atoms with Crippen molar-refractivity contribution in [2.75, 3.05) is 19.6 Å². The van der Waals surface area contributed by atoms with Crippen LogP contribution in [0.2, 0.25) is 0 Å². The standard InChI is InChI=1S/C25H38N6O4/c26-21(19-11-5-2-6-12-19)23(33)31-16-13-20(31)22(32)28-14-7-8-15-29-24(27)30-25(34)35-17-18-9-3-1-4-10-18/h1,3-4,9-10,19-21H,2,5-8,11-17,26H2,(H,28,32)(H3,27,29,30,34)/t20?,21-/m1/s1. The predicted molar refractivity (Wildman–Crippen MR) is 133 cm³/mol. The third-order valence-electron chi connectivity index (χ3n) is 6.66. The minimum absolute atomic E-state index is 0.00924. The van der Waals surface area contributed by atoms with E-state index in [0.29, 0.717) is 38.9 Å². The van der Waals surface area contributed by atoms with Crippen LogP contribution in [0.3, 0.4) is 0 Å². The van der Waals surface area contributed by atoms with Crippen LogP contribution in [0, 0.1) is 5.92 Å². The summed E-state index contributed by atoms with van der Waals surface area (Å²) in [4.78, 5) is 42.8. The van der Waals surface area contributed by atoms with Crippen LogP contribution in [0.25, 0.3) is 0 Å². The molecule has 1 saturated heterocycles. The Balaban J connectivity index is 1.27. The first-order valence-electron chi connectivity index (χ1n) is 12.6. The van der Waals surface area contributed by atoms with Gasteiger partial charge in [0.05, 0.1) is 6.04 Å². The number of nitrogens with zero attached hydrogens (tertiary/aromatic N) is 2. The highest BCUT2D eigenvalue weighted by atomic mass is 16.5. The number of carbonyl (C=O) groups excluding carboxylic acids is 3. The molecule has 1 heterocycles. The van der Waals surface area contributed by atoms with Gasteiger partial charge in [-0.3, -0.25) is 19.9 Å². The minimum Gasteiger partial charge on any atom is -0.444 e. The summed E-state index contributed by atoms with van der Waals surface area (Å²) in [5.41, 5.74) is 12.8. The molecule has 0 aromatic heterocycles. The monoisotopic (exact) mass is 486 g/mol. The second-order valence-corrected chi connectivity index (χ2v) is 9.21. The molecule has 1 saturated carbocycles. The van der Waals surface area contributed by atoms with Crippen molar-refractivity contribution >= 4 is 23.9 Å². The Kier molecular flexibility index (Phi) is 10.3. The number of amides is 3. The normalized spacial score (nSPS) is 19.4. The van der Waals surface area contributed by atoms with E-state index in [1.165, 1.54) is 6.42 Å². The van der Waals surface area contributed by atoms with E-state index < -0.39 is 18.2 Å². The average molecular weight is 487 g/mol. The first kappa shape index (κ1) is 26.5. The van der Waals surface area contributed by atoms with Gasteiger partial charge >= 0.3 is 6.09 Å². The molecule has 3 amide bonds. The summed E-state index contributed by atoms with van der Waals surface area (Å²) in [6, 6.07) is 8.41. The average Bonchev–Trinajstić information content (AvgIpc) is 2.84. The zero-order valence-corrected chi connectivity index (χ0v) is 20.3. The van der Waals surface area contributed by atoms with Crippen molar-refractivity contribution in [1.29, 1.82) is 0 Å². The van der Waals surface area contributed by atoms with E-state index in [0.717, 1.165) is 31.2 Å². The first-order valence-corrected chi connectivity index (χ1v) is 12.6. The summed E-state index contributed by atoms with van der Waals surface area (Å²) < 4.78 is 5.09. The SMILES string of the molecule is NC(=NCCCCNC(=O)C1CCN1C(=O)[C@H](N)C1CCCCC1)NC(=O)OCc1ccccc1. The quantitative estimate of drug-likeness (QED) is 0.224. The van der Waals surface area contributed by atoms with E-state index >= 15 is 0 Å². The summed E-state index contributed by atoms with van der Waals surface area (Å²) in [5, 5.41) is 5.28. The molecule has 10 heteroatoms. The highest BCUT2D eigenvalue weighted by Gasteiger charge is 2.41. The molecule has 1 aromatic rings. The number of aliphatic imine (C=N–C) groups is 1. The van der Waals surface area contributed by atoms with Crippen LogP contribution in [0.4, 0.5) is 4.79 Å². The summed E-state index contributed by atoms with van der Waals surface area (Å²) in [5.74, 6) is -0.00650. The zero-order valence-electron chi connectivity index (χ0n) is 20.3. The number of carbonyl (C=O) groups is 3. The van der Waals surface area contributed by atoms with E-state index in [4.69, 9.17) is 16.2 Å². The molecule has 35 heavy (non-hydrogen) atoms. The van der Waals surface area contributed by atoms with Gasteiger partial charge in [0.15, 0.2) is 5.96 Å². The molecule has 1 aliphatic heterocycles. The van der Waals surface area contributed by atoms with Crippen LogP contribution in [0.1, 0.15) is 56.9 Å². The number of benzene rings is 1. The Morgan fingerprint density at radius 2 is 1.83 bits per heavy atom. The zero-order chi connectivity index (χ0) is 25.0. The molecule has 0 spiro atoms. The predicted octanol–water partition coefficient (Wildman–Crippen LogP) is 1.63. The van der Waals surface area contributed by atoms with Gasteiger partial charge < -0.3 is 26.4 Å². The third kappa shape index (κ3) is 8.24. The summed E-state index contributed by atoms with van der Waals surface area (Å²) in [7, 11) is 0. The Morgan fingerprint density at radius 1 is 1.09 bits per heavy atom. The fraction of sp³-hybridized carbons (Fsp3) is 0.600. The van der Waals surface area contributed by atoms with Crippen molar-refractivity contribution in [2.45, 2.75) is 70.1 Å². The van der Waals surface area contributed by atoms with Crippen LogP contribution >= 0.6 is 0 Å². The number of ether oxygens (including phenoxy) is 1. The van der Waals surface area contributed by atoms with Crippen molar-refractivity contribution in [1.82, 2.24) is 15.5 Å². The highest BCUT2D eigenvalue weighted by Crippen LogP contribution is 2.28. The smallest absolute Gasteiger partial charge is 0.414 e. The number of hydrogen-bond donors (Lipinski definition) is 4. The van der Waals surface area contributed by atoms with Gasteiger partial charge in [0.25, 0.3) is 0 Å². The van der Waals surface area contributed by atoms with E-state index in [9.17, 15) is 14.4 Å². The Bertz CT molecular complexity index is 872. The lowest BCUT2D eigenvalue weighted by molar-refractivity contribution is -0.149.